The molecule has 0 unspecified atom stereocenters. The Morgan fingerprint density at radius 2 is 2.03 bits per heavy atom. The van der Waals surface area contributed by atoms with Gasteiger partial charge in [0.05, 0.1) is 22.7 Å². The number of thiophene rings is 1. The Bertz CT molecular complexity index is 903. The van der Waals surface area contributed by atoms with Gasteiger partial charge in [-0.1, -0.05) is 13.8 Å². The number of carbonyl (C=O) groups excluding carboxylic acids is 2. The number of amides is 1. The maximum Gasteiger partial charge on any atom is 0.278 e. The van der Waals surface area contributed by atoms with E-state index in [1.807, 2.05) is 36.4 Å². The monoisotopic (exact) mass is 536 g/mol. The Kier molecular flexibility index (Phi) is 8.52. The number of Topliss-reactive ketones (excluding diaryl/α,β-unsaturated/α-hetero) is 1. The van der Waals surface area contributed by atoms with Gasteiger partial charge in [0, 0.05) is 3.57 Å². The summed E-state index contributed by atoms with van der Waals surface area (Å²) in [6.45, 7) is 4.27. The van der Waals surface area contributed by atoms with Crippen LogP contribution in [0, 0.1) is 9.39 Å². The first kappa shape index (κ1) is 23.7. The predicted molar refractivity (Wildman–Crippen MR) is 117 cm³/mol. The molecule has 4 N–H and O–H groups in total. The highest BCUT2D eigenvalue weighted by molar-refractivity contribution is 14.1. The summed E-state index contributed by atoms with van der Waals surface area (Å²) in [5, 5.41) is 21.4. The molecule has 29 heavy (non-hydrogen) atoms. The molecule has 2 rings (SSSR count). The summed E-state index contributed by atoms with van der Waals surface area (Å²) in [5.74, 6) is -1.50. The minimum atomic E-state index is -1.14. The largest absolute Gasteiger partial charge is 0.394 e. The molecular formula is C19H22FIN2O5S. The van der Waals surface area contributed by atoms with E-state index in [9.17, 15) is 19.1 Å². The molecule has 1 amide bonds. The van der Waals surface area contributed by atoms with E-state index in [0.717, 1.165) is 14.9 Å². The molecule has 0 aliphatic carbocycles. The molecule has 0 saturated carbocycles. The van der Waals surface area contributed by atoms with Gasteiger partial charge in [-0.3, -0.25) is 14.4 Å². The molecule has 7 nitrogen and oxygen atoms in total. The fourth-order valence-electron chi connectivity index (χ4n) is 2.59. The van der Waals surface area contributed by atoms with Gasteiger partial charge in [-0.25, -0.2) is 9.87 Å². The number of ketones is 1. The van der Waals surface area contributed by atoms with Crippen molar-refractivity contribution in [2.24, 2.45) is 0 Å². The van der Waals surface area contributed by atoms with E-state index in [-0.39, 0.29) is 29.6 Å². The number of hydroxylamine groups is 1. The molecule has 0 aliphatic heterocycles. The Balaban J connectivity index is 2.44. The fourth-order valence-corrected chi connectivity index (χ4v) is 4.30. The number of hydrogen-bond acceptors (Lipinski definition) is 7. The second kappa shape index (κ2) is 10.4. The number of hydrogen-bond donors (Lipinski definition) is 4. The van der Waals surface area contributed by atoms with Crippen LogP contribution in [-0.4, -0.2) is 41.2 Å². The van der Waals surface area contributed by atoms with E-state index >= 15 is 0 Å². The summed E-state index contributed by atoms with van der Waals surface area (Å²) in [6.07, 6.45) is -1.14. The first-order valence-electron chi connectivity index (χ1n) is 8.76. The molecule has 0 radical (unpaired) electrons. The van der Waals surface area contributed by atoms with Crippen molar-refractivity contribution < 1.29 is 29.0 Å². The van der Waals surface area contributed by atoms with Crippen molar-refractivity contribution >= 4 is 56.3 Å². The quantitative estimate of drug-likeness (QED) is 0.222. The van der Waals surface area contributed by atoms with Crippen LogP contribution in [-0.2, 0) is 4.84 Å². The number of anilines is 2. The van der Waals surface area contributed by atoms with Gasteiger partial charge >= 0.3 is 0 Å². The highest BCUT2D eigenvalue weighted by Gasteiger charge is 2.28. The van der Waals surface area contributed by atoms with E-state index < -0.39 is 24.4 Å². The second-order valence-electron chi connectivity index (χ2n) is 6.59. The third-order valence-electron chi connectivity index (χ3n) is 3.90. The van der Waals surface area contributed by atoms with E-state index in [2.05, 4.69) is 10.8 Å². The van der Waals surface area contributed by atoms with Gasteiger partial charge < -0.3 is 15.5 Å². The van der Waals surface area contributed by atoms with Crippen LogP contribution >= 0.6 is 33.9 Å². The Labute approximate surface area is 185 Å². The van der Waals surface area contributed by atoms with Crippen LogP contribution in [0.1, 0.15) is 52.3 Å². The van der Waals surface area contributed by atoms with Crippen LogP contribution in [0.5, 0.6) is 0 Å². The summed E-state index contributed by atoms with van der Waals surface area (Å²) in [5.41, 5.74) is 3.08. The Morgan fingerprint density at radius 1 is 1.34 bits per heavy atom. The lowest BCUT2D eigenvalue weighted by atomic mass is 9.97. The normalized spacial score (nSPS) is 12.1. The van der Waals surface area contributed by atoms with Crippen molar-refractivity contribution in [1.29, 1.82) is 0 Å². The number of aliphatic hydroxyl groups excluding tert-OH is 2. The zero-order valence-corrected chi connectivity index (χ0v) is 19.1. The zero-order valence-electron chi connectivity index (χ0n) is 16.1. The van der Waals surface area contributed by atoms with Crippen LogP contribution in [0.3, 0.4) is 0 Å². The molecule has 0 aliphatic rings. The highest BCUT2D eigenvalue weighted by atomic mass is 127. The lowest BCUT2D eigenvalue weighted by Gasteiger charge is -2.14. The summed E-state index contributed by atoms with van der Waals surface area (Å²) in [4.78, 5) is 30.3. The van der Waals surface area contributed by atoms with Gasteiger partial charge in [-0.05, 0) is 59.2 Å². The maximum atomic E-state index is 14.3. The van der Waals surface area contributed by atoms with Crippen molar-refractivity contribution in [3.63, 3.8) is 0 Å². The summed E-state index contributed by atoms with van der Waals surface area (Å²) in [7, 11) is 0. The van der Waals surface area contributed by atoms with E-state index in [1.165, 1.54) is 13.0 Å². The molecule has 0 fully saturated rings. The van der Waals surface area contributed by atoms with Crippen molar-refractivity contribution in [1.82, 2.24) is 5.48 Å². The zero-order chi connectivity index (χ0) is 21.7. The lowest BCUT2D eigenvalue weighted by Crippen LogP contribution is -2.30. The van der Waals surface area contributed by atoms with Crippen LogP contribution in [0.25, 0.3) is 0 Å². The molecule has 0 bridgehead atoms. The molecular weight excluding hydrogens is 514 g/mol. The predicted octanol–water partition coefficient (Wildman–Crippen LogP) is 3.58. The minimum absolute atomic E-state index is 0.161. The lowest BCUT2D eigenvalue weighted by molar-refractivity contribution is -0.0295. The van der Waals surface area contributed by atoms with Crippen molar-refractivity contribution in [2.75, 3.05) is 18.5 Å². The van der Waals surface area contributed by atoms with Crippen LogP contribution in [0.2, 0.25) is 0 Å². The number of benzene rings is 1. The van der Waals surface area contributed by atoms with Crippen LogP contribution in [0.15, 0.2) is 18.2 Å². The number of nitrogens with one attached hydrogen (secondary N) is 2. The fraction of sp³-hybridized carbons (Fsp3) is 0.368. The van der Waals surface area contributed by atoms with Gasteiger partial charge in [-0.2, -0.15) is 0 Å². The second-order valence-corrected chi connectivity index (χ2v) is 8.85. The first-order chi connectivity index (χ1) is 13.6. The van der Waals surface area contributed by atoms with E-state index in [1.54, 1.807) is 12.1 Å². The van der Waals surface area contributed by atoms with Crippen molar-refractivity contribution in [3.8, 4) is 0 Å². The summed E-state index contributed by atoms with van der Waals surface area (Å²) >= 11 is 3.06. The first-order valence-corrected chi connectivity index (χ1v) is 10.7. The van der Waals surface area contributed by atoms with Gasteiger partial charge in [0.2, 0.25) is 0 Å². The number of halogens is 2. The average Bonchev–Trinajstić information content (AvgIpc) is 3.03. The number of aliphatic hydroxyl groups is 2. The van der Waals surface area contributed by atoms with Gasteiger partial charge in [0.15, 0.2) is 5.78 Å². The van der Waals surface area contributed by atoms with Gasteiger partial charge in [0.1, 0.15) is 23.5 Å². The molecule has 1 aromatic carbocycles. The van der Waals surface area contributed by atoms with Crippen molar-refractivity contribution in [3.05, 3.63) is 43.6 Å². The third-order valence-corrected chi connectivity index (χ3v) is 5.79. The molecule has 2 aromatic rings. The molecule has 0 saturated heterocycles. The van der Waals surface area contributed by atoms with Crippen LogP contribution < -0.4 is 10.8 Å². The topological polar surface area (TPSA) is 108 Å². The average molecular weight is 536 g/mol. The molecule has 10 heteroatoms. The summed E-state index contributed by atoms with van der Waals surface area (Å²) < 4.78 is 15.0. The molecule has 1 aromatic heterocycles. The van der Waals surface area contributed by atoms with Gasteiger partial charge in [0.25, 0.3) is 5.91 Å². The Hall–Kier alpha value is -1.60. The standard InChI is InChI=1S/C19H22FIN2O5S/c1-9(2)15-16(18(27)23-28-8-12(26)7-24)19(29-17(15)10(3)25)22-14-5-4-11(21)6-13(14)20/h4-6,9,12,22,24,26H,7-8H2,1-3H3,(H,23,27)/t12-/m0/s1. The summed E-state index contributed by atoms with van der Waals surface area (Å²) in [6, 6.07) is 4.62. The van der Waals surface area contributed by atoms with Crippen LogP contribution in [0.4, 0.5) is 15.1 Å². The number of rotatable bonds is 9. The maximum absolute atomic E-state index is 14.3. The third kappa shape index (κ3) is 5.95. The minimum Gasteiger partial charge on any atom is -0.394 e. The smallest absolute Gasteiger partial charge is 0.278 e. The molecule has 1 heterocycles. The van der Waals surface area contributed by atoms with E-state index in [0.29, 0.717) is 15.4 Å². The Morgan fingerprint density at radius 3 is 2.59 bits per heavy atom. The molecule has 0 spiro atoms. The van der Waals surface area contributed by atoms with E-state index in [4.69, 9.17) is 9.94 Å². The molecule has 158 valence electrons. The highest BCUT2D eigenvalue weighted by Crippen LogP contribution is 2.40. The number of carbonyl (C=O) groups is 2. The SMILES string of the molecule is CC(=O)c1sc(Nc2ccc(I)cc2F)c(C(=O)NOC[C@@H](O)CO)c1C(C)C. The van der Waals surface area contributed by atoms with Gasteiger partial charge in [-0.15, -0.1) is 11.3 Å². The molecule has 1 atom stereocenters. The van der Waals surface area contributed by atoms with Crippen molar-refractivity contribution in [2.45, 2.75) is 32.8 Å².